The molecular weight excluding hydrogens is 238 g/mol. The number of methoxy groups -OCH3 is 2. The van der Waals surface area contributed by atoms with Gasteiger partial charge >= 0.3 is 0 Å². The molecule has 0 bridgehead atoms. The number of nitrogens with zero attached hydrogens (tertiary/aromatic N) is 3. The van der Waals surface area contributed by atoms with Crippen LogP contribution in [0, 0.1) is 4.91 Å². The first-order valence-corrected chi connectivity index (χ1v) is 4.95. The molecule has 2 aromatic rings. The quantitative estimate of drug-likeness (QED) is 0.604. The van der Waals surface area contributed by atoms with Crippen LogP contribution in [0.15, 0.2) is 17.3 Å². The van der Waals surface area contributed by atoms with Crippen molar-refractivity contribution < 1.29 is 14.3 Å². The highest BCUT2D eigenvalue weighted by Gasteiger charge is 2.13. The minimum absolute atomic E-state index is 0.103. The van der Waals surface area contributed by atoms with E-state index >= 15 is 0 Å². The largest absolute Gasteiger partial charge is 0.477 e. The molecule has 0 fully saturated rings. The van der Waals surface area contributed by atoms with Crippen molar-refractivity contribution in [2.75, 3.05) is 14.2 Å². The highest BCUT2D eigenvalue weighted by Crippen LogP contribution is 2.29. The Bertz CT molecular complexity index is 627. The molecule has 0 atom stereocenters. The Morgan fingerprint density at radius 3 is 2.39 bits per heavy atom. The van der Waals surface area contributed by atoms with Crippen molar-refractivity contribution in [2.45, 2.75) is 0 Å². The van der Waals surface area contributed by atoms with Crippen molar-refractivity contribution in [3.05, 3.63) is 22.6 Å². The highest BCUT2D eigenvalue weighted by atomic mass is 16.5. The zero-order valence-corrected chi connectivity index (χ0v) is 9.71. The fourth-order valence-corrected chi connectivity index (χ4v) is 1.55. The summed E-state index contributed by atoms with van der Waals surface area (Å²) in [7, 11) is 2.83. The van der Waals surface area contributed by atoms with Gasteiger partial charge in [0.15, 0.2) is 6.29 Å². The molecule has 7 nitrogen and oxygen atoms in total. The zero-order chi connectivity index (χ0) is 13.1. The zero-order valence-electron chi connectivity index (χ0n) is 9.71. The van der Waals surface area contributed by atoms with E-state index in [1.807, 2.05) is 0 Å². The van der Waals surface area contributed by atoms with Crippen LogP contribution in [0.5, 0.6) is 11.8 Å². The molecule has 0 aliphatic heterocycles. The summed E-state index contributed by atoms with van der Waals surface area (Å²) in [5, 5.41) is 2.78. The van der Waals surface area contributed by atoms with Crippen molar-refractivity contribution in [3.63, 3.8) is 0 Å². The molecule has 0 N–H and O–H groups in total. The lowest BCUT2D eigenvalue weighted by molar-refractivity contribution is 0.112. The Balaban J connectivity index is 2.82. The molecule has 1 heterocycles. The number of carbonyl (C=O) groups excluding carboxylic acids is 1. The Hall–Kier alpha value is -2.57. The molecule has 0 saturated carbocycles. The first-order chi connectivity index (χ1) is 8.73. The Morgan fingerprint density at radius 2 is 1.83 bits per heavy atom. The van der Waals surface area contributed by atoms with Gasteiger partial charge in [-0.15, -0.1) is 4.91 Å². The van der Waals surface area contributed by atoms with Crippen molar-refractivity contribution in [3.8, 4) is 11.8 Å². The maximum atomic E-state index is 11.0. The van der Waals surface area contributed by atoms with Gasteiger partial charge < -0.3 is 9.47 Å². The first-order valence-electron chi connectivity index (χ1n) is 4.95. The summed E-state index contributed by atoms with van der Waals surface area (Å²) in [5.41, 5.74) is 0.989. The molecular formula is C11H9N3O4. The predicted octanol–water partition coefficient (Wildman–Crippen LogP) is 1.86. The average molecular weight is 247 g/mol. The molecule has 0 amide bonds. The van der Waals surface area contributed by atoms with E-state index < -0.39 is 0 Å². The molecule has 2 rings (SSSR count). The van der Waals surface area contributed by atoms with Crippen LogP contribution < -0.4 is 9.47 Å². The predicted molar refractivity (Wildman–Crippen MR) is 63.5 cm³/mol. The monoisotopic (exact) mass is 247 g/mol. The number of hydrogen-bond donors (Lipinski definition) is 0. The normalized spacial score (nSPS) is 10.1. The molecule has 1 aromatic carbocycles. The number of ether oxygens (including phenoxy) is 2. The third-order valence-electron chi connectivity index (χ3n) is 2.34. The number of fused-ring (bicyclic) bond motifs is 1. The van der Waals surface area contributed by atoms with Gasteiger partial charge in [0.05, 0.1) is 19.7 Å². The smallest absolute Gasteiger partial charge is 0.278 e. The van der Waals surface area contributed by atoms with E-state index in [1.165, 1.54) is 26.4 Å². The molecule has 0 radical (unpaired) electrons. The number of nitroso groups, excluding NO2 is 1. The van der Waals surface area contributed by atoms with Gasteiger partial charge in [-0.1, -0.05) is 0 Å². The van der Waals surface area contributed by atoms with Crippen LogP contribution in [0.4, 0.5) is 5.69 Å². The summed E-state index contributed by atoms with van der Waals surface area (Å²) in [6.45, 7) is 0. The molecule has 0 unspecified atom stereocenters. The fourth-order valence-electron chi connectivity index (χ4n) is 1.55. The second kappa shape index (κ2) is 4.74. The van der Waals surface area contributed by atoms with Crippen LogP contribution in [0.1, 0.15) is 10.4 Å². The van der Waals surface area contributed by atoms with Crippen LogP contribution in [0.2, 0.25) is 0 Å². The molecule has 7 heteroatoms. The van der Waals surface area contributed by atoms with Gasteiger partial charge in [0.2, 0.25) is 0 Å². The highest BCUT2D eigenvalue weighted by molar-refractivity contribution is 5.96. The van der Waals surface area contributed by atoms with Crippen molar-refractivity contribution in [1.29, 1.82) is 0 Å². The van der Waals surface area contributed by atoms with Crippen molar-refractivity contribution in [1.82, 2.24) is 9.97 Å². The van der Waals surface area contributed by atoms with Gasteiger partial charge in [0, 0.05) is 5.56 Å². The number of aldehydes is 1. The maximum Gasteiger partial charge on any atom is 0.278 e. The van der Waals surface area contributed by atoms with Crippen molar-refractivity contribution >= 4 is 23.0 Å². The van der Waals surface area contributed by atoms with E-state index in [0.717, 1.165) is 0 Å². The summed E-state index contributed by atoms with van der Waals surface area (Å²) in [5.74, 6) is 0.338. The topological polar surface area (TPSA) is 90.7 Å². The second-order valence-electron chi connectivity index (χ2n) is 3.35. The second-order valence-corrected chi connectivity index (χ2v) is 3.35. The van der Waals surface area contributed by atoms with Gasteiger partial charge in [0.25, 0.3) is 11.8 Å². The summed E-state index contributed by atoms with van der Waals surface area (Å²) in [6, 6.07) is 2.76. The Kier molecular flexibility index (Phi) is 3.13. The minimum Gasteiger partial charge on any atom is -0.477 e. The summed E-state index contributed by atoms with van der Waals surface area (Å²) in [4.78, 5) is 29.7. The van der Waals surface area contributed by atoms with E-state index in [1.54, 1.807) is 0 Å². The van der Waals surface area contributed by atoms with Gasteiger partial charge in [-0.3, -0.25) is 4.79 Å². The van der Waals surface area contributed by atoms with Gasteiger partial charge in [-0.05, 0) is 17.3 Å². The van der Waals surface area contributed by atoms with Gasteiger partial charge in [-0.2, -0.15) is 0 Å². The minimum atomic E-state index is 0.103. The summed E-state index contributed by atoms with van der Waals surface area (Å²) >= 11 is 0. The third-order valence-corrected chi connectivity index (χ3v) is 2.34. The van der Waals surface area contributed by atoms with Crippen LogP contribution in [0.3, 0.4) is 0 Å². The lowest BCUT2D eigenvalue weighted by Crippen LogP contribution is -1.99. The van der Waals surface area contributed by atoms with E-state index in [9.17, 15) is 9.70 Å². The first kappa shape index (κ1) is 11.9. The SMILES string of the molecule is COc1nc2cc(N=O)cc(C=O)c2nc1OC. The Labute approximate surface area is 102 Å². The number of rotatable bonds is 4. The molecule has 0 aliphatic rings. The number of benzene rings is 1. The molecule has 0 aliphatic carbocycles. The summed E-state index contributed by atoms with van der Waals surface area (Å²) in [6.07, 6.45) is 0.581. The van der Waals surface area contributed by atoms with Gasteiger partial charge in [-0.25, -0.2) is 9.97 Å². The van der Waals surface area contributed by atoms with Crippen molar-refractivity contribution in [2.24, 2.45) is 5.18 Å². The molecule has 0 saturated heterocycles. The lowest BCUT2D eigenvalue weighted by atomic mass is 10.1. The summed E-state index contributed by atoms with van der Waals surface area (Å²) < 4.78 is 10.00. The van der Waals surface area contributed by atoms with E-state index in [4.69, 9.17) is 9.47 Å². The fraction of sp³-hybridized carbons (Fsp3) is 0.182. The Morgan fingerprint density at radius 1 is 1.17 bits per heavy atom. The molecule has 0 spiro atoms. The van der Waals surface area contributed by atoms with Crippen LogP contribution in [-0.4, -0.2) is 30.5 Å². The van der Waals surface area contributed by atoms with Crippen LogP contribution in [-0.2, 0) is 0 Å². The van der Waals surface area contributed by atoms with Crippen LogP contribution in [0.25, 0.3) is 11.0 Å². The van der Waals surface area contributed by atoms with E-state index in [0.29, 0.717) is 17.3 Å². The standard InChI is InChI=1S/C11H9N3O4/c1-17-10-11(18-2)13-9-6(5-15)3-7(14-16)4-8(9)12-10/h3-5H,1-2H3. The van der Waals surface area contributed by atoms with Crippen LogP contribution >= 0.6 is 0 Å². The van der Waals surface area contributed by atoms with E-state index in [2.05, 4.69) is 15.1 Å². The maximum absolute atomic E-state index is 11.0. The molecule has 18 heavy (non-hydrogen) atoms. The van der Waals surface area contributed by atoms with Gasteiger partial charge in [0.1, 0.15) is 11.2 Å². The average Bonchev–Trinajstić information content (AvgIpc) is 2.44. The molecule has 1 aromatic heterocycles. The third kappa shape index (κ3) is 1.86. The molecule has 92 valence electrons. The number of aromatic nitrogens is 2. The van der Waals surface area contributed by atoms with E-state index in [-0.39, 0.29) is 23.0 Å². The number of hydrogen-bond acceptors (Lipinski definition) is 7. The lowest BCUT2D eigenvalue weighted by Gasteiger charge is -2.07. The number of carbonyl (C=O) groups is 1.